The van der Waals surface area contributed by atoms with Crippen molar-refractivity contribution in [2.45, 2.75) is 20.4 Å². The van der Waals surface area contributed by atoms with Crippen molar-refractivity contribution in [2.75, 3.05) is 0 Å². The van der Waals surface area contributed by atoms with Crippen LogP contribution in [0.4, 0.5) is 0 Å². The molecule has 15 heavy (non-hydrogen) atoms. The molecule has 0 atom stereocenters. The van der Waals surface area contributed by atoms with E-state index in [0.717, 1.165) is 11.1 Å². The zero-order valence-corrected chi connectivity index (χ0v) is 8.83. The molecule has 0 saturated heterocycles. The second kappa shape index (κ2) is 3.51. The summed E-state index contributed by atoms with van der Waals surface area (Å²) in [5.74, 6) is 0.524. The van der Waals surface area contributed by atoms with Crippen molar-refractivity contribution >= 4 is 11.0 Å². The number of rotatable bonds is 1. The van der Waals surface area contributed by atoms with Gasteiger partial charge in [0.25, 0.3) is 0 Å². The molecule has 0 bridgehead atoms. The van der Waals surface area contributed by atoms with Crippen LogP contribution in [-0.2, 0) is 6.54 Å². The normalized spacial score (nSPS) is 10.9. The van der Waals surface area contributed by atoms with Gasteiger partial charge in [0.15, 0.2) is 5.43 Å². The minimum absolute atomic E-state index is 0.0280. The number of hydrogen-bond donors (Lipinski definition) is 1. The minimum Gasteiger partial charge on any atom is -0.459 e. The van der Waals surface area contributed by atoms with E-state index in [9.17, 15) is 4.79 Å². The number of benzene rings is 1. The Morgan fingerprint density at radius 1 is 1.20 bits per heavy atom. The van der Waals surface area contributed by atoms with Crippen LogP contribution in [0.1, 0.15) is 16.9 Å². The molecule has 2 aromatic rings. The lowest BCUT2D eigenvalue weighted by Crippen LogP contribution is -2.06. The van der Waals surface area contributed by atoms with Crippen molar-refractivity contribution in [3.8, 4) is 0 Å². The summed E-state index contributed by atoms with van der Waals surface area (Å²) in [6, 6.07) is 5.19. The average molecular weight is 203 g/mol. The highest BCUT2D eigenvalue weighted by atomic mass is 16.3. The average Bonchev–Trinajstić information content (AvgIpc) is 2.21. The lowest BCUT2D eigenvalue weighted by Gasteiger charge is -2.04. The Kier molecular flexibility index (Phi) is 2.32. The van der Waals surface area contributed by atoms with Crippen LogP contribution in [0.3, 0.4) is 0 Å². The molecule has 1 heterocycles. The first-order chi connectivity index (χ1) is 7.11. The van der Waals surface area contributed by atoms with Gasteiger partial charge in [0, 0.05) is 6.07 Å². The van der Waals surface area contributed by atoms with Crippen LogP contribution in [0.2, 0.25) is 0 Å². The van der Waals surface area contributed by atoms with E-state index in [1.165, 1.54) is 6.07 Å². The summed E-state index contributed by atoms with van der Waals surface area (Å²) >= 11 is 0. The largest absolute Gasteiger partial charge is 0.459 e. The molecule has 2 N–H and O–H groups in total. The van der Waals surface area contributed by atoms with E-state index in [2.05, 4.69) is 0 Å². The molecule has 0 aliphatic carbocycles. The van der Waals surface area contributed by atoms with Gasteiger partial charge in [-0.25, -0.2) is 0 Å². The van der Waals surface area contributed by atoms with Crippen molar-refractivity contribution in [1.29, 1.82) is 0 Å². The van der Waals surface area contributed by atoms with Crippen molar-refractivity contribution in [3.63, 3.8) is 0 Å². The Balaban J connectivity index is 2.86. The molecule has 1 aromatic heterocycles. The van der Waals surface area contributed by atoms with Gasteiger partial charge in [0.2, 0.25) is 0 Å². The van der Waals surface area contributed by atoms with Gasteiger partial charge in [0.1, 0.15) is 11.3 Å². The summed E-state index contributed by atoms with van der Waals surface area (Å²) in [6.07, 6.45) is 0. The first kappa shape index (κ1) is 9.93. The second-order valence-corrected chi connectivity index (χ2v) is 3.71. The van der Waals surface area contributed by atoms with Gasteiger partial charge in [-0.15, -0.1) is 0 Å². The highest BCUT2D eigenvalue weighted by Crippen LogP contribution is 2.17. The van der Waals surface area contributed by atoms with Crippen LogP contribution in [-0.4, -0.2) is 0 Å². The molecule has 0 spiro atoms. The topological polar surface area (TPSA) is 56.2 Å². The molecule has 0 amide bonds. The van der Waals surface area contributed by atoms with E-state index >= 15 is 0 Å². The number of fused-ring (bicyclic) bond motifs is 1. The molecule has 78 valence electrons. The van der Waals surface area contributed by atoms with E-state index in [-0.39, 0.29) is 12.0 Å². The molecule has 3 nitrogen and oxygen atoms in total. The van der Waals surface area contributed by atoms with E-state index in [1.54, 1.807) is 0 Å². The molecule has 0 fully saturated rings. The maximum Gasteiger partial charge on any atom is 0.193 e. The van der Waals surface area contributed by atoms with Crippen molar-refractivity contribution < 1.29 is 4.42 Å². The van der Waals surface area contributed by atoms with Crippen LogP contribution in [0.15, 0.2) is 27.4 Å². The standard InChI is InChI=1S/C12H13NO2/c1-7-3-10-11(14)5-9(6-13)15-12(10)4-8(7)2/h3-5H,6,13H2,1-2H3. The van der Waals surface area contributed by atoms with Crippen molar-refractivity contribution in [1.82, 2.24) is 0 Å². The SMILES string of the molecule is Cc1cc2oc(CN)cc(=O)c2cc1C. The van der Waals surface area contributed by atoms with Crippen LogP contribution in [0.25, 0.3) is 11.0 Å². The fourth-order valence-electron chi connectivity index (χ4n) is 1.56. The van der Waals surface area contributed by atoms with Crippen LogP contribution in [0.5, 0.6) is 0 Å². The summed E-state index contributed by atoms with van der Waals surface area (Å²) in [5, 5.41) is 0.621. The van der Waals surface area contributed by atoms with Gasteiger partial charge < -0.3 is 10.2 Å². The molecular weight excluding hydrogens is 190 g/mol. The predicted octanol–water partition coefficient (Wildman–Crippen LogP) is 1.87. The maximum absolute atomic E-state index is 11.7. The number of nitrogens with two attached hydrogens (primary N) is 1. The summed E-state index contributed by atoms with van der Waals surface area (Å²) in [7, 11) is 0. The van der Waals surface area contributed by atoms with E-state index in [0.29, 0.717) is 16.7 Å². The van der Waals surface area contributed by atoms with E-state index in [4.69, 9.17) is 10.2 Å². The zero-order chi connectivity index (χ0) is 11.0. The summed E-state index contributed by atoms with van der Waals surface area (Å²) in [5.41, 5.74) is 8.24. The van der Waals surface area contributed by atoms with Crippen LogP contribution < -0.4 is 11.2 Å². The lowest BCUT2D eigenvalue weighted by atomic mass is 10.1. The molecule has 0 aliphatic heterocycles. The molecule has 0 radical (unpaired) electrons. The van der Waals surface area contributed by atoms with Gasteiger partial charge >= 0.3 is 0 Å². The molecule has 3 heteroatoms. The van der Waals surface area contributed by atoms with Gasteiger partial charge in [0.05, 0.1) is 11.9 Å². The number of hydrogen-bond acceptors (Lipinski definition) is 3. The fourth-order valence-corrected chi connectivity index (χ4v) is 1.56. The summed E-state index contributed by atoms with van der Waals surface area (Å²) in [6.45, 7) is 4.22. The smallest absolute Gasteiger partial charge is 0.193 e. The first-order valence-electron chi connectivity index (χ1n) is 4.86. The van der Waals surface area contributed by atoms with Crippen molar-refractivity contribution in [3.05, 3.63) is 45.3 Å². The number of aryl methyl sites for hydroxylation is 2. The first-order valence-corrected chi connectivity index (χ1v) is 4.86. The Morgan fingerprint density at radius 2 is 1.87 bits per heavy atom. The van der Waals surface area contributed by atoms with Gasteiger partial charge in [-0.3, -0.25) is 4.79 Å². The van der Waals surface area contributed by atoms with Crippen molar-refractivity contribution in [2.24, 2.45) is 5.73 Å². The van der Waals surface area contributed by atoms with E-state index < -0.39 is 0 Å². The monoisotopic (exact) mass is 203 g/mol. The predicted molar refractivity (Wildman–Crippen MR) is 59.8 cm³/mol. The van der Waals surface area contributed by atoms with Crippen LogP contribution in [0, 0.1) is 13.8 Å². The fraction of sp³-hybridized carbons (Fsp3) is 0.250. The van der Waals surface area contributed by atoms with Gasteiger partial charge in [-0.1, -0.05) is 0 Å². The molecule has 0 aliphatic rings. The highest BCUT2D eigenvalue weighted by Gasteiger charge is 2.05. The third-order valence-corrected chi connectivity index (χ3v) is 2.60. The molecule has 0 saturated carbocycles. The zero-order valence-electron chi connectivity index (χ0n) is 8.83. The maximum atomic E-state index is 11.7. The summed E-state index contributed by atoms with van der Waals surface area (Å²) in [4.78, 5) is 11.7. The van der Waals surface area contributed by atoms with Crippen LogP contribution >= 0.6 is 0 Å². The third-order valence-electron chi connectivity index (χ3n) is 2.60. The minimum atomic E-state index is -0.0280. The molecule has 2 rings (SSSR count). The lowest BCUT2D eigenvalue weighted by molar-refractivity contribution is 0.538. The third kappa shape index (κ3) is 1.66. The summed E-state index contributed by atoms with van der Waals surface area (Å²) < 4.78 is 5.50. The Morgan fingerprint density at radius 3 is 2.53 bits per heavy atom. The second-order valence-electron chi connectivity index (χ2n) is 3.71. The quantitative estimate of drug-likeness (QED) is 0.769. The Hall–Kier alpha value is -1.61. The van der Waals surface area contributed by atoms with Gasteiger partial charge in [-0.05, 0) is 37.1 Å². The Bertz CT molecular complexity index is 570. The molecule has 1 aromatic carbocycles. The Labute approximate surface area is 87.5 Å². The molecular formula is C12H13NO2. The molecule has 0 unspecified atom stereocenters. The van der Waals surface area contributed by atoms with E-state index in [1.807, 2.05) is 26.0 Å². The highest BCUT2D eigenvalue weighted by molar-refractivity contribution is 5.78. The van der Waals surface area contributed by atoms with Gasteiger partial charge in [-0.2, -0.15) is 0 Å².